The maximum absolute atomic E-state index is 10.4. The van der Waals surface area contributed by atoms with Crippen LogP contribution in [0.25, 0.3) is 0 Å². The highest BCUT2D eigenvalue weighted by atomic mass is 32.2. The molecule has 5 nitrogen and oxygen atoms in total. The molecule has 1 saturated heterocycles. The van der Waals surface area contributed by atoms with E-state index in [1.165, 1.54) is 11.5 Å². The Morgan fingerprint density at radius 3 is 3.12 bits per heavy atom. The molecule has 2 unspecified atom stereocenters. The van der Waals surface area contributed by atoms with Gasteiger partial charge in [-0.05, 0) is 24.7 Å². The molecule has 0 radical (unpaired) electrons. The number of hydrogen-bond acceptors (Lipinski definition) is 7. The summed E-state index contributed by atoms with van der Waals surface area (Å²) in [6.07, 6.45) is 2.48. The van der Waals surface area contributed by atoms with Crippen molar-refractivity contribution in [2.75, 3.05) is 30.5 Å². The van der Waals surface area contributed by atoms with Gasteiger partial charge in [0, 0.05) is 19.6 Å². The van der Waals surface area contributed by atoms with E-state index in [0.29, 0.717) is 25.4 Å². The Labute approximate surface area is 109 Å². The smallest absolute Gasteiger partial charge is 0.153 e. The van der Waals surface area contributed by atoms with Gasteiger partial charge < -0.3 is 20.9 Å². The Morgan fingerprint density at radius 2 is 2.53 bits per heavy atom. The lowest BCUT2D eigenvalue weighted by Crippen LogP contribution is -2.42. The standard InChI is InChI=1S/C10H17N3O2S2/c1-6-10(14,3-4-15-6)5-12-9-7(16-2)8(11)13-17-9/h6,12,14H,3-5H2,1-2H3,(H2,11,13). The van der Waals surface area contributed by atoms with Crippen molar-refractivity contribution in [1.82, 2.24) is 4.37 Å². The molecule has 0 amide bonds. The molecule has 0 bridgehead atoms. The van der Waals surface area contributed by atoms with Crippen LogP contribution in [0.5, 0.6) is 0 Å². The molecule has 1 aromatic heterocycles. The second-order valence-electron chi connectivity index (χ2n) is 4.15. The number of nitrogen functional groups attached to an aromatic ring is 1. The largest absolute Gasteiger partial charge is 0.385 e. The molecular formula is C10H17N3O2S2. The predicted molar refractivity (Wildman–Crippen MR) is 71.8 cm³/mol. The Kier molecular flexibility index (Phi) is 3.82. The van der Waals surface area contributed by atoms with Crippen molar-refractivity contribution in [1.29, 1.82) is 0 Å². The molecule has 0 aromatic carbocycles. The number of rotatable bonds is 4. The van der Waals surface area contributed by atoms with E-state index in [4.69, 9.17) is 10.5 Å². The Bertz CT molecular complexity index is 399. The summed E-state index contributed by atoms with van der Waals surface area (Å²) in [5.74, 6) is 0.549. The molecule has 2 rings (SSSR count). The number of ether oxygens (including phenoxy) is 1. The van der Waals surface area contributed by atoms with Crippen LogP contribution in [0.1, 0.15) is 13.3 Å². The van der Waals surface area contributed by atoms with Crippen molar-refractivity contribution >= 4 is 34.1 Å². The molecule has 1 aliphatic rings. The number of aliphatic hydroxyl groups is 1. The second kappa shape index (κ2) is 5.01. The van der Waals surface area contributed by atoms with Gasteiger partial charge >= 0.3 is 0 Å². The molecule has 1 aliphatic heterocycles. The van der Waals surface area contributed by atoms with Gasteiger partial charge in [-0.3, -0.25) is 0 Å². The van der Waals surface area contributed by atoms with Crippen LogP contribution in [0, 0.1) is 0 Å². The summed E-state index contributed by atoms with van der Waals surface area (Å²) in [4.78, 5) is 0.949. The number of thioether (sulfide) groups is 1. The van der Waals surface area contributed by atoms with Gasteiger partial charge in [-0.15, -0.1) is 11.8 Å². The van der Waals surface area contributed by atoms with Crippen molar-refractivity contribution in [3.05, 3.63) is 0 Å². The fourth-order valence-electron chi connectivity index (χ4n) is 1.84. The first kappa shape index (κ1) is 12.9. The first-order chi connectivity index (χ1) is 8.07. The topological polar surface area (TPSA) is 80.4 Å². The molecule has 0 aliphatic carbocycles. The van der Waals surface area contributed by atoms with Gasteiger partial charge in [0.05, 0.1) is 11.0 Å². The fourth-order valence-corrected chi connectivity index (χ4v) is 3.38. The number of hydrogen-bond donors (Lipinski definition) is 3. The minimum atomic E-state index is -0.797. The molecule has 7 heteroatoms. The average Bonchev–Trinajstić information content (AvgIpc) is 2.81. The van der Waals surface area contributed by atoms with Gasteiger partial charge in [-0.1, -0.05) is 0 Å². The van der Waals surface area contributed by atoms with Crippen molar-refractivity contribution in [2.24, 2.45) is 0 Å². The molecule has 17 heavy (non-hydrogen) atoms. The summed E-state index contributed by atoms with van der Waals surface area (Å²) in [5.41, 5.74) is 4.95. The highest BCUT2D eigenvalue weighted by molar-refractivity contribution is 7.99. The minimum absolute atomic E-state index is 0.141. The molecule has 0 saturated carbocycles. The van der Waals surface area contributed by atoms with Gasteiger partial charge in [-0.2, -0.15) is 4.37 Å². The monoisotopic (exact) mass is 275 g/mol. The number of nitrogens with one attached hydrogen (secondary N) is 1. The van der Waals surface area contributed by atoms with E-state index in [1.807, 2.05) is 13.2 Å². The first-order valence-electron chi connectivity index (χ1n) is 5.44. The van der Waals surface area contributed by atoms with Gasteiger partial charge in [0.25, 0.3) is 0 Å². The third kappa shape index (κ3) is 2.52. The quantitative estimate of drug-likeness (QED) is 0.721. The summed E-state index contributed by atoms with van der Waals surface area (Å²) >= 11 is 2.88. The zero-order valence-corrected chi connectivity index (χ0v) is 11.5. The maximum atomic E-state index is 10.4. The van der Waals surface area contributed by atoms with Crippen LogP contribution in [-0.2, 0) is 4.74 Å². The first-order valence-corrected chi connectivity index (χ1v) is 7.43. The fraction of sp³-hybridized carbons (Fsp3) is 0.700. The van der Waals surface area contributed by atoms with Crippen molar-refractivity contribution in [2.45, 2.75) is 29.9 Å². The Morgan fingerprint density at radius 1 is 1.76 bits per heavy atom. The summed E-state index contributed by atoms with van der Waals surface area (Å²) in [5, 5.41) is 14.5. The van der Waals surface area contributed by atoms with Crippen molar-refractivity contribution in [3.8, 4) is 0 Å². The van der Waals surface area contributed by atoms with Gasteiger partial charge in [0.1, 0.15) is 10.6 Å². The van der Waals surface area contributed by atoms with Crippen molar-refractivity contribution < 1.29 is 9.84 Å². The van der Waals surface area contributed by atoms with Crippen LogP contribution < -0.4 is 11.1 Å². The van der Waals surface area contributed by atoms with Gasteiger partial charge in [0.15, 0.2) is 5.82 Å². The Hall–Kier alpha value is -0.500. The van der Waals surface area contributed by atoms with Gasteiger partial charge in [0.2, 0.25) is 0 Å². The lowest BCUT2D eigenvalue weighted by Gasteiger charge is -2.26. The summed E-state index contributed by atoms with van der Waals surface area (Å²) in [6, 6.07) is 0. The lowest BCUT2D eigenvalue weighted by molar-refractivity contribution is -0.0175. The molecule has 4 N–H and O–H groups in total. The average molecular weight is 275 g/mol. The third-order valence-corrected chi connectivity index (χ3v) is 4.86. The number of aromatic nitrogens is 1. The normalized spacial score (nSPS) is 28.5. The van der Waals surface area contributed by atoms with Crippen molar-refractivity contribution in [3.63, 3.8) is 0 Å². The van der Waals surface area contributed by atoms with Crippen LogP contribution in [0.3, 0.4) is 0 Å². The summed E-state index contributed by atoms with van der Waals surface area (Å²) in [6.45, 7) is 2.97. The van der Waals surface area contributed by atoms with E-state index in [9.17, 15) is 5.11 Å². The lowest BCUT2D eigenvalue weighted by atomic mass is 9.97. The predicted octanol–water partition coefficient (Wildman–Crippen LogP) is 1.40. The van der Waals surface area contributed by atoms with Crippen LogP contribution in [0.15, 0.2) is 4.90 Å². The molecular weight excluding hydrogens is 258 g/mol. The maximum Gasteiger partial charge on any atom is 0.153 e. The zero-order valence-electron chi connectivity index (χ0n) is 9.90. The van der Waals surface area contributed by atoms with Crippen LogP contribution in [-0.4, -0.2) is 40.6 Å². The van der Waals surface area contributed by atoms with E-state index in [-0.39, 0.29) is 6.10 Å². The third-order valence-electron chi connectivity index (χ3n) is 3.09. The van der Waals surface area contributed by atoms with E-state index in [1.54, 1.807) is 11.8 Å². The molecule has 96 valence electrons. The molecule has 1 fully saturated rings. The van der Waals surface area contributed by atoms with E-state index in [0.717, 1.165) is 9.90 Å². The summed E-state index contributed by atoms with van der Waals surface area (Å²) < 4.78 is 9.48. The zero-order chi connectivity index (χ0) is 12.5. The Balaban J connectivity index is 2.02. The van der Waals surface area contributed by atoms with Crippen LogP contribution in [0.4, 0.5) is 10.8 Å². The second-order valence-corrected chi connectivity index (χ2v) is 5.74. The molecule has 2 heterocycles. The van der Waals surface area contributed by atoms with E-state index < -0.39 is 5.60 Å². The minimum Gasteiger partial charge on any atom is -0.385 e. The highest BCUT2D eigenvalue weighted by Gasteiger charge is 2.39. The molecule has 1 aromatic rings. The number of nitrogens with two attached hydrogens (primary N) is 1. The number of nitrogens with zero attached hydrogens (tertiary/aromatic N) is 1. The molecule has 2 atom stereocenters. The van der Waals surface area contributed by atoms with Gasteiger partial charge in [-0.25, -0.2) is 0 Å². The van der Waals surface area contributed by atoms with E-state index >= 15 is 0 Å². The SMILES string of the molecule is CSc1c(N)nsc1NCC1(O)CCOC1C. The van der Waals surface area contributed by atoms with Crippen LogP contribution in [0.2, 0.25) is 0 Å². The summed E-state index contributed by atoms with van der Waals surface area (Å²) in [7, 11) is 0. The highest BCUT2D eigenvalue weighted by Crippen LogP contribution is 2.35. The van der Waals surface area contributed by atoms with Crippen LogP contribution >= 0.6 is 23.3 Å². The number of anilines is 2. The van der Waals surface area contributed by atoms with E-state index in [2.05, 4.69) is 9.69 Å². The molecule has 0 spiro atoms.